The topological polar surface area (TPSA) is 41.6 Å². The number of benzene rings is 2. The van der Waals surface area contributed by atoms with E-state index in [1.807, 2.05) is 36.4 Å². The second kappa shape index (κ2) is 9.51. The zero-order valence-electron chi connectivity index (χ0n) is 14.5. The summed E-state index contributed by atoms with van der Waals surface area (Å²) < 4.78 is 6.95. The molecule has 0 aromatic heterocycles. The average molecular weight is 438 g/mol. The van der Waals surface area contributed by atoms with E-state index in [1.165, 1.54) is 5.56 Å². The molecule has 1 heterocycles. The SMILES string of the molecule is O=C(CCN1CCOC(c2ccc(Br)cc2)C1)NCc1ccccc1Cl. The highest BCUT2D eigenvalue weighted by Gasteiger charge is 2.22. The number of hydrogen-bond donors (Lipinski definition) is 1. The zero-order valence-corrected chi connectivity index (χ0v) is 16.8. The van der Waals surface area contributed by atoms with Gasteiger partial charge in [-0.15, -0.1) is 0 Å². The van der Waals surface area contributed by atoms with Crippen molar-refractivity contribution in [1.29, 1.82) is 0 Å². The molecule has 4 nitrogen and oxygen atoms in total. The number of ether oxygens (including phenoxy) is 1. The molecule has 1 aliphatic heterocycles. The Labute approximate surface area is 167 Å². The van der Waals surface area contributed by atoms with Gasteiger partial charge in [-0.3, -0.25) is 9.69 Å². The molecule has 1 saturated heterocycles. The predicted molar refractivity (Wildman–Crippen MR) is 107 cm³/mol. The summed E-state index contributed by atoms with van der Waals surface area (Å²) in [5, 5.41) is 3.62. The van der Waals surface area contributed by atoms with Gasteiger partial charge in [-0.25, -0.2) is 0 Å². The van der Waals surface area contributed by atoms with Gasteiger partial charge in [0.15, 0.2) is 0 Å². The summed E-state index contributed by atoms with van der Waals surface area (Å²) in [5.41, 5.74) is 2.10. The van der Waals surface area contributed by atoms with Gasteiger partial charge >= 0.3 is 0 Å². The van der Waals surface area contributed by atoms with E-state index >= 15 is 0 Å². The van der Waals surface area contributed by atoms with Crippen LogP contribution in [0.1, 0.15) is 23.7 Å². The van der Waals surface area contributed by atoms with Gasteiger partial charge < -0.3 is 10.1 Å². The lowest BCUT2D eigenvalue weighted by Crippen LogP contribution is -2.40. The van der Waals surface area contributed by atoms with Crippen molar-refractivity contribution in [3.63, 3.8) is 0 Å². The summed E-state index contributed by atoms with van der Waals surface area (Å²) in [6.07, 6.45) is 0.528. The minimum Gasteiger partial charge on any atom is -0.371 e. The molecule has 138 valence electrons. The summed E-state index contributed by atoms with van der Waals surface area (Å²) >= 11 is 9.57. The first kappa shape index (κ1) is 19.4. The smallest absolute Gasteiger partial charge is 0.221 e. The van der Waals surface area contributed by atoms with Gasteiger partial charge in [0.25, 0.3) is 0 Å². The number of nitrogens with one attached hydrogen (secondary N) is 1. The molecule has 0 bridgehead atoms. The fraction of sp³-hybridized carbons (Fsp3) is 0.350. The van der Waals surface area contributed by atoms with Crippen LogP contribution in [0.2, 0.25) is 5.02 Å². The summed E-state index contributed by atoms with van der Waals surface area (Å²) in [4.78, 5) is 14.4. The Morgan fingerprint density at radius 1 is 1.23 bits per heavy atom. The van der Waals surface area contributed by atoms with Gasteiger partial charge in [0.2, 0.25) is 5.91 Å². The number of carbonyl (C=O) groups is 1. The largest absolute Gasteiger partial charge is 0.371 e. The zero-order chi connectivity index (χ0) is 18.4. The van der Waals surface area contributed by atoms with E-state index in [1.54, 1.807) is 0 Å². The molecule has 1 fully saturated rings. The third kappa shape index (κ3) is 5.55. The number of halogens is 2. The summed E-state index contributed by atoms with van der Waals surface area (Å²) in [6.45, 7) is 3.53. The maximum atomic E-state index is 12.1. The van der Waals surface area contributed by atoms with Gasteiger partial charge in [0.1, 0.15) is 0 Å². The molecule has 1 N–H and O–H groups in total. The Morgan fingerprint density at radius 3 is 2.77 bits per heavy atom. The monoisotopic (exact) mass is 436 g/mol. The van der Waals surface area contributed by atoms with Gasteiger partial charge in [-0.2, -0.15) is 0 Å². The van der Waals surface area contributed by atoms with Gasteiger partial charge in [0.05, 0.1) is 12.7 Å². The van der Waals surface area contributed by atoms with Crippen LogP contribution in [-0.2, 0) is 16.1 Å². The van der Waals surface area contributed by atoms with Crippen LogP contribution in [-0.4, -0.2) is 37.0 Å². The molecule has 26 heavy (non-hydrogen) atoms. The third-order valence-corrected chi connectivity index (χ3v) is 5.38. The van der Waals surface area contributed by atoms with Gasteiger partial charge in [-0.1, -0.05) is 57.9 Å². The number of hydrogen-bond acceptors (Lipinski definition) is 3. The van der Waals surface area contributed by atoms with Crippen molar-refractivity contribution in [1.82, 2.24) is 10.2 Å². The number of amides is 1. The standard InChI is InChI=1S/C20H22BrClN2O2/c21-17-7-5-15(6-8-17)19-14-24(11-12-26-19)10-9-20(25)23-13-16-3-1-2-4-18(16)22/h1-8,19H,9-14H2,(H,23,25). The number of rotatable bonds is 6. The van der Waals surface area contributed by atoms with Crippen molar-refractivity contribution in [2.24, 2.45) is 0 Å². The van der Waals surface area contributed by atoms with E-state index in [0.717, 1.165) is 29.7 Å². The average Bonchev–Trinajstić information content (AvgIpc) is 2.66. The fourth-order valence-corrected chi connectivity index (χ4v) is 3.44. The summed E-state index contributed by atoms with van der Waals surface area (Å²) in [7, 11) is 0. The number of morpholine rings is 1. The van der Waals surface area contributed by atoms with Crippen molar-refractivity contribution < 1.29 is 9.53 Å². The van der Waals surface area contributed by atoms with Crippen LogP contribution in [0.3, 0.4) is 0 Å². The van der Waals surface area contributed by atoms with E-state index in [-0.39, 0.29) is 12.0 Å². The molecule has 0 saturated carbocycles. The minimum atomic E-state index is 0.0385. The third-order valence-electron chi connectivity index (χ3n) is 4.48. The van der Waals surface area contributed by atoms with E-state index in [0.29, 0.717) is 24.6 Å². The molecule has 0 aliphatic carbocycles. The summed E-state index contributed by atoms with van der Waals surface area (Å²) in [6, 6.07) is 15.8. The highest BCUT2D eigenvalue weighted by atomic mass is 79.9. The van der Waals surface area contributed by atoms with E-state index in [2.05, 4.69) is 38.3 Å². The van der Waals surface area contributed by atoms with Crippen molar-refractivity contribution in [2.45, 2.75) is 19.1 Å². The first-order chi connectivity index (χ1) is 12.6. The van der Waals surface area contributed by atoms with E-state index in [9.17, 15) is 4.79 Å². The first-order valence-electron chi connectivity index (χ1n) is 8.71. The maximum absolute atomic E-state index is 12.1. The lowest BCUT2D eigenvalue weighted by atomic mass is 10.1. The molecule has 6 heteroatoms. The molecule has 0 radical (unpaired) electrons. The van der Waals surface area contributed by atoms with Crippen molar-refractivity contribution >= 4 is 33.4 Å². The highest BCUT2D eigenvalue weighted by Crippen LogP contribution is 2.24. The Bertz CT molecular complexity index is 739. The van der Waals surface area contributed by atoms with Gasteiger partial charge in [0, 0.05) is 42.1 Å². The molecule has 1 amide bonds. The van der Waals surface area contributed by atoms with E-state index in [4.69, 9.17) is 16.3 Å². The van der Waals surface area contributed by atoms with Crippen LogP contribution in [0.4, 0.5) is 0 Å². The Kier molecular flexibility index (Phi) is 7.08. The molecular weight excluding hydrogens is 416 g/mol. The molecular formula is C20H22BrClN2O2. The Morgan fingerprint density at radius 2 is 2.00 bits per heavy atom. The highest BCUT2D eigenvalue weighted by molar-refractivity contribution is 9.10. The molecule has 2 aromatic rings. The van der Waals surface area contributed by atoms with Crippen molar-refractivity contribution in [3.05, 3.63) is 69.2 Å². The molecule has 2 aromatic carbocycles. The van der Waals surface area contributed by atoms with Crippen LogP contribution in [0.5, 0.6) is 0 Å². The minimum absolute atomic E-state index is 0.0385. The second-order valence-electron chi connectivity index (χ2n) is 6.33. The molecule has 1 unspecified atom stereocenters. The molecule has 1 aliphatic rings. The molecule has 0 spiro atoms. The van der Waals surface area contributed by atoms with E-state index < -0.39 is 0 Å². The Hall–Kier alpha value is -1.40. The molecule has 1 atom stereocenters. The first-order valence-corrected chi connectivity index (χ1v) is 9.88. The van der Waals surface area contributed by atoms with Crippen molar-refractivity contribution in [2.75, 3.05) is 26.2 Å². The fourth-order valence-electron chi connectivity index (χ4n) is 2.97. The predicted octanol–water partition coefficient (Wildman–Crippen LogP) is 4.18. The quantitative estimate of drug-likeness (QED) is 0.737. The van der Waals surface area contributed by atoms with Crippen LogP contribution in [0.25, 0.3) is 0 Å². The lowest BCUT2D eigenvalue weighted by Gasteiger charge is -2.33. The van der Waals surface area contributed by atoms with Crippen molar-refractivity contribution in [3.8, 4) is 0 Å². The van der Waals surface area contributed by atoms with Crippen LogP contribution < -0.4 is 5.32 Å². The number of carbonyl (C=O) groups excluding carboxylic acids is 1. The molecule has 3 rings (SSSR count). The van der Waals surface area contributed by atoms with Crippen LogP contribution in [0.15, 0.2) is 53.0 Å². The maximum Gasteiger partial charge on any atom is 0.221 e. The summed E-state index contributed by atoms with van der Waals surface area (Å²) in [5.74, 6) is 0.0385. The Balaban J connectivity index is 1.44. The van der Waals surface area contributed by atoms with Crippen LogP contribution >= 0.6 is 27.5 Å². The van der Waals surface area contributed by atoms with Gasteiger partial charge in [-0.05, 0) is 29.3 Å². The second-order valence-corrected chi connectivity index (χ2v) is 7.65. The van der Waals surface area contributed by atoms with Crippen LogP contribution in [0, 0.1) is 0 Å². The lowest BCUT2D eigenvalue weighted by molar-refractivity contribution is -0.122. The number of nitrogens with zero attached hydrogens (tertiary/aromatic N) is 1. The normalized spacial score (nSPS) is 17.8.